The first kappa shape index (κ1) is 35.2. The van der Waals surface area contributed by atoms with Crippen LogP contribution in [0.2, 0.25) is 0 Å². The first-order chi connectivity index (χ1) is 18.6. The Morgan fingerprint density at radius 1 is 0.805 bits per heavy atom. The summed E-state index contributed by atoms with van der Waals surface area (Å²) >= 11 is 0. The summed E-state index contributed by atoms with van der Waals surface area (Å²) in [6, 6.07) is 10.7. The van der Waals surface area contributed by atoms with Crippen LogP contribution in [0.1, 0.15) is 71.2 Å². The van der Waals surface area contributed by atoms with E-state index < -0.39 is 16.1 Å². The van der Waals surface area contributed by atoms with Gasteiger partial charge in [0.15, 0.2) is 0 Å². The van der Waals surface area contributed by atoms with Gasteiger partial charge in [-0.2, -0.15) is 0 Å². The number of rotatable bonds is 1. The summed E-state index contributed by atoms with van der Waals surface area (Å²) in [6.45, 7) is 13.3. The van der Waals surface area contributed by atoms with E-state index in [0.29, 0.717) is 32.6 Å². The molecule has 11 nitrogen and oxygen atoms in total. The van der Waals surface area contributed by atoms with Gasteiger partial charge in [0.1, 0.15) is 11.2 Å². The molecule has 2 aliphatic heterocycles. The van der Waals surface area contributed by atoms with Crippen molar-refractivity contribution < 1.29 is 29.1 Å². The number of nitro groups is 1. The molecular formula is C30H46N4O7. The van der Waals surface area contributed by atoms with Crippen molar-refractivity contribution in [3.63, 3.8) is 0 Å². The number of nitro benzene ring substituents is 1. The second-order valence-corrected chi connectivity index (χ2v) is 11.5. The van der Waals surface area contributed by atoms with E-state index in [1.807, 2.05) is 59.7 Å². The third-order valence-corrected chi connectivity index (χ3v) is 5.96. The Hall–Kier alpha value is -3.86. The number of aliphatic hydroxyl groups excluding tert-OH is 1. The highest BCUT2D eigenvalue weighted by Gasteiger charge is 2.27. The SMILES string of the molecule is C.CC(C)(C)OC(=O)N1CCc2ccc(N)cc2C1.CC(C)(C)OC(=O)N1CCc2ccc([N+](=O)[O-])cc2C1.CO. The van der Waals surface area contributed by atoms with Crippen molar-refractivity contribution in [1.29, 1.82) is 0 Å². The summed E-state index contributed by atoms with van der Waals surface area (Å²) in [5.74, 6) is 0. The molecule has 11 heteroatoms. The van der Waals surface area contributed by atoms with Crippen LogP contribution in [0.15, 0.2) is 36.4 Å². The molecule has 0 spiro atoms. The number of fused-ring (bicyclic) bond motifs is 2. The molecule has 2 aromatic rings. The standard InChI is InChI=1S/C14H18N2O4.C14H20N2O2.CH4O.CH4/c1-14(2,3)20-13(17)15-7-6-10-4-5-12(16(18)19)8-11(10)9-15;1-14(2,3)18-13(17)16-7-6-10-4-5-12(15)8-11(10)9-16;1-2;/h4-5,8H,6-7,9H2,1-3H3;4-5,8H,6-7,9,15H2,1-3H3;2H,1H3;1H4. The molecule has 2 aromatic carbocycles. The number of ether oxygens (including phenoxy) is 2. The summed E-state index contributed by atoms with van der Waals surface area (Å²) in [6.07, 6.45) is 0.909. The third kappa shape index (κ3) is 10.9. The smallest absolute Gasteiger partial charge is 0.410 e. The second kappa shape index (κ2) is 14.7. The van der Waals surface area contributed by atoms with Crippen molar-refractivity contribution in [1.82, 2.24) is 9.80 Å². The lowest BCUT2D eigenvalue weighted by molar-refractivity contribution is -0.385. The fourth-order valence-electron chi connectivity index (χ4n) is 4.20. The minimum absolute atomic E-state index is 0. The molecule has 0 atom stereocenters. The number of nitrogens with zero attached hydrogens (tertiary/aromatic N) is 3. The van der Waals surface area contributed by atoms with Crippen LogP contribution in [-0.2, 0) is 35.4 Å². The number of hydrogen-bond acceptors (Lipinski definition) is 8. The van der Waals surface area contributed by atoms with Gasteiger partial charge in [0.25, 0.3) is 5.69 Å². The van der Waals surface area contributed by atoms with Crippen LogP contribution >= 0.6 is 0 Å². The van der Waals surface area contributed by atoms with Gasteiger partial charge in [0, 0.05) is 51.1 Å². The number of anilines is 1. The van der Waals surface area contributed by atoms with E-state index >= 15 is 0 Å². The zero-order chi connectivity index (χ0) is 30.3. The third-order valence-electron chi connectivity index (χ3n) is 5.96. The van der Waals surface area contributed by atoms with E-state index in [-0.39, 0.29) is 25.3 Å². The van der Waals surface area contributed by atoms with Gasteiger partial charge in [-0.05, 0) is 88.8 Å². The molecule has 3 N–H and O–H groups in total. The fourth-order valence-corrected chi connectivity index (χ4v) is 4.20. The van der Waals surface area contributed by atoms with E-state index in [9.17, 15) is 19.7 Å². The molecule has 2 heterocycles. The molecule has 4 rings (SSSR count). The highest BCUT2D eigenvalue weighted by molar-refractivity contribution is 5.69. The van der Waals surface area contributed by atoms with Gasteiger partial charge in [-0.1, -0.05) is 19.6 Å². The Morgan fingerprint density at radius 3 is 1.63 bits per heavy atom. The molecule has 228 valence electrons. The molecule has 41 heavy (non-hydrogen) atoms. The average molecular weight is 575 g/mol. The number of hydrogen-bond donors (Lipinski definition) is 2. The normalized spacial score (nSPS) is 14.0. The van der Waals surface area contributed by atoms with Crippen molar-refractivity contribution >= 4 is 23.6 Å². The van der Waals surface area contributed by atoms with Gasteiger partial charge in [0.05, 0.1) is 4.92 Å². The fraction of sp³-hybridized carbons (Fsp3) is 0.533. The Balaban J connectivity index is 0.000000380. The van der Waals surface area contributed by atoms with E-state index in [0.717, 1.165) is 35.9 Å². The molecule has 0 saturated heterocycles. The number of aliphatic hydroxyl groups is 1. The summed E-state index contributed by atoms with van der Waals surface area (Å²) in [5.41, 5.74) is 9.82. The maximum Gasteiger partial charge on any atom is 0.410 e. The number of carbonyl (C=O) groups excluding carboxylic acids is 2. The number of non-ortho nitro benzene ring substituents is 1. The lowest BCUT2D eigenvalue weighted by atomic mass is 9.99. The van der Waals surface area contributed by atoms with Gasteiger partial charge in [-0.25, -0.2) is 9.59 Å². The number of nitrogen functional groups attached to an aromatic ring is 1. The highest BCUT2D eigenvalue weighted by Crippen LogP contribution is 2.25. The van der Waals surface area contributed by atoms with Crippen LogP contribution in [0.25, 0.3) is 0 Å². The number of amides is 2. The van der Waals surface area contributed by atoms with Gasteiger partial charge >= 0.3 is 12.2 Å². The average Bonchev–Trinajstić information content (AvgIpc) is 2.87. The minimum Gasteiger partial charge on any atom is -0.444 e. The van der Waals surface area contributed by atoms with Crippen LogP contribution in [0, 0.1) is 10.1 Å². The van der Waals surface area contributed by atoms with Crippen LogP contribution in [0.3, 0.4) is 0 Å². The first-order valence-electron chi connectivity index (χ1n) is 13.2. The zero-order valence-corrected chi connectivity index (χ0v) is 24.5. The Bertz CT molecular complexity index is 1200. The molecule has 0 fully saturated rings. The predicted molar refractivity (Wildman–Crippen MR) is 160 cm³/mol. The zero-order valence-electron chi connectivity index (χ0n) is 24.5. The molecule has 0 aliphatic carbocycles. The van der Waals surface area contributed by atoms with Crippen LogP contribution in [0.5, 0.6) is 0 Å². The van der Waals surface area contributed by atoms with Crippen LogP contribution < -0.4 is 5.73 Å². The predicted octanol–water partition coefficient (Wildman–Crippen LogP) is 5.69. The quantitative estimate of drug-likeness (QED) is 0.250. The van der Waals surface area contributed by atoms with E-state index in [4.69, 9.17) is 20.3 Å². The molecule has 0 radical (unpaired) electrons. The molecule has 2 amide bonds. The van der Waals surface area contributed by atoms with Crippen molar-refractivity contribution in [2.75, 3.05) is 25.9 Å². The number of carbonyl (C=O) groups is 2. The van der Waals surface area contributed by atoms with E-state index in [1.165, 1.54) is 17.7 Å². The monoisotopic (exact) mass is 574 g/mol. The molecular weight excluding hydrogens is 528 g/mol. The summed E-state index contributed by atoms with van der Waals surface area (Å²) in [4.78, 5) is 37.7. The van der Waals surface area contributed by atoms with Gasteiger partial charge in [-0.3, -0.25) is 10.1 Å². The number of nitrogens with two attached hydrogens (primary N) is 1. The highest BCUT2D eigenvalue weighted by atomic mass is 16.6. The van der Waals surface area contributed by atoms with E-state index in [2.05, 4.69) is 0 Å². The summed E-state index contributed by atoms with van der Waals surface area (Å²) in [5, 5.41) is 17.8. The first-order valence-corrected chi connectivity index (χ1v) is 13.2. The van der Waals surface area contributed by atoms with Crippen molar-refractivity contribution in [3.8, 4) is 0 Å². The molecule has 0 bridgehead atoms. The maximum absolute atomic E-state index is 12.0. The van der Waals surface area contributed by atoms with Crippen molar-refractivity contribution in [2.24, 2.45) is 0 Å². The largest absolute Gasteiger partial charge is 0.444 e. The van der Waals surface area contributed by atoms with Crippen molar-refractivity contribution in [3.05, 3.63) is 68.8 Å². The topological polar surface area (TPSA) is 148 Å². The Morgan fingerprint density at radius 2 is 1.22 bits per heavy atom. The lowest BCUT2D eigenvalue weighted by Crippen LogP contribution is -2.39. The van der Waals surface area contributed by atoms with Gasteiger partial charge < -0.3 is 30.1 Å². The minimum atomic E-state index is -0.542. The van der Waals surface area contributed by atoms with Crippen LogP contribution in [0.4, 0.5) is 21.0 Å². The van der Waals surface area contributed by atoms with E-state index in [1.54, 1.807) is 15.9 Å². The second-order valence-electron chi connectivity index (χ2n) is 11.5. The molecule has 2 aliphatic rings. The maximum atomic E-state index is 12.0. The lowest BCUT2D eigenvalue weighted by Gasteiger charge is -2.31. The number of benzene rings is 2. The van der Waals surface area contributed by atoms with Crippen LogP contribution in [-0.4, -0.2) is 63.4 Å². The molecule has 0 aromatic heterocycles. The molecule has 0 saturated carbocycles. The summed E-state index contributed by atoms with van der Waals surface area (Å²) < 4.78 is 10.7. The summed E-state index contributed by atoms with van der Waals surface area (Å²) in [7, 11) is 1.00. The van der Waals surface area contributed by atoms with Gasteiger partial charge in [0.2, 0.25) is 0 Å². The Labute approximate surface area is 243 Å². The van der Waals surface area contributed by atoms with Gasteiger partial charge in [-0.15, -0.1) is 0 Å². The molecule has 0 unspecified atom stereocenters. The van der Waals surface area contributed by atoms with Crippen molar-refractivity contribution in [2.45, 2.75) is 86.1 Å². The Kier molecular flexibility index (Phi) is 12.6.